The van der Waals surface area contributed by atoms with Gasteiger partial charge in [0.1, 0.15) is 11.5 Å². The standard InChI is InChI=1S/C34H29ClF7N3O3/c1-3-19(2)48-31(46)12-13-43-32(47)30-11-6-22(18-45-30)26-15-23(33(37,38)39)7-4-21(26)17-44-24-8-9-25(28(35)16-24)20-5-10-29(36)27(14-20)34(40,41)42/h4-11,14-16,18-19,44H,3,12-13,17H2,1-2H3,(H,43,47). The molecule has 3 aromatic carbocycles. The molecule has 1 heterocycles. The number of nitrogens with one attached hydrogen (secondary N) is 2. The highest BCUT2D eigenvalue weighted by atomic mass is 35.5. The third-order valence-electron chi connectivity index (χ3n) is 7.30. The van der Waals surface area contributed by atoms with Gasteiger partial charge in [-0.05, 0) is 72.5 Å². The summed E-state index contributed by atoms with van der Waals surface area (Å²) in [4.78, 5) is 28.4. The fourth-order valence-corrected chi connectivity index (χ4v) is 4.85. The molecule has 48 heavy (non-hydrogen) atoms. The number of carbonyl (C=O) groups excluding carboxylic acids is 2. The molecule has 14 heteroatoms. The van der Waals surface area contributed by atoms with Crippen molar-refractivity contribution in [3.8, 4) is 22.3 Å². The number of hydrogen-bond donors (Lipinski definition) is 2. The van der Waals surface area contributed by atoms with E-state index in [1.807, 2.05) is 6.92 Å². The number of aromatic nitrogens is 1. The van der Waals surface area contributed by atoms with Crippen molar-refractivity contribution in [2.45, 2.75) is 51.7 Å². The van der Waals surface area contributed by atoms with Crippen LogP contribution in [0.15, 0.2) is 72.9 Å². The van der Waals surface area contributed by atoms with Crippen molar-refractivity contribution >= 4 is 29.2 Å². The zero-order valence-corrected chi connectivity index (χ0v) is 26.3. The van der Waals surface area contributed by atoms with Crippen molar-refractivity contribution in [2.75, 3.05) is 11.9 Å². The number of rotatable bonds is 11. The summed E-state index contributed by atoms with van der Waals surface area (Å²) in [5.74, 6) is -2.47. The minimum absolute atomic E-state index is 0.00443. The van der Waals surface area contributed by atoms with Gasteiger partial charge in [-0.3, -0.25) is 14.6 Å². The van der Waals surface area contributed by atoms with E-state index in [2.05, 4.69) is 15.6 Å². The molecule has 4 aromatic rings. The summed E-state index contributed by atoms with van der Waals surface area (Å²) in [5, 5.41) is 5.65. The van der Waals surface area contributed by atoms with Crippen LogP contribution in [0.1, 0.15) is 53.9 Å². The number of pyridine rings is 1. The predicted octanol–water partition coefficient (Wildman–Crippen LogP) is 9.32. The smallest absolute Gasteiger partial charge is 0.419 e. The Labute approximate surface area is 276 Å². The quantitative estimate of drug-likeness (QED) is 0.121. The maximum atomic E-state index is 13.8. The molecule has 4 rings (SSSR count). The van der Waals surface area contributed by atoms with E-state index >= 15 is 0 Å². The fraction of sp³-hybridized carbons (Fsp3) is 0.265. The highest BCUT2D eigenvalue weighted by Crippen LogP contribution is 2.38. The predicted molar refractivity (Wildman–Crippen MR) is 167 cm³/mol. The zero-order valence-electron chi connectivity index (χ0n) is 25.5. The first-order chi connectivity index (χ1) is 22.6. The van der Waals surface area contributed by atoms with E-state index in [-0.39, 0.29) is 58.6 Å². The summed E-state index contributed by atoms with van der Waals surface area (Å²) in [6.07, 6.45) is -7.93. The van der Waals surface area contributed by atoms with Crippen molar-refractivity contribution in [3.63, 3.8) is 0 Å². The molecule has 6 nitrogen and oxygen atoms in total. The van der Waals surface area contributed by atoms with Crippen molar-refractivity contribution < 1.29 is 45.1 Å². The maximum absolute atomic E-state index is 13.8. The Morgan fingerprint density at radius 1 is 0.896 bits per heavy atom. The van der Waals surface area contributed by atoms with Crippen LogP contribution < -0.4 is 10.6 Å². The average Bonchev–Trinajstić information content (AvgIpc) is 3.03. The molecular formula is C34H29ClF7N3O3. The number of nitrogens with zero attached hydrogens (tertiary/aromatic N) is 1. The molecule has 0 saturated carbocycles. The lowest BCUT2D eigenvalue weighted by molar-refractivity contribution is -0.148. The number of carbonyl (C=O) groups is 2. The number of amides is 1. The Balaban J connectivity index is 1.51. The molecule has 0 fully saturated rings. The molecule has 0 aliphatic rings. The third kappa shape index (κ3) is 9.24. The molecule has 0 aliphatic heterocycles. The van der Waals surface area contributed by atoms with Crippen LogP contribution in [0.2, 0.25) is 5.02 Å². The van der Waals surface area contributed by atoms with Gasteiger partial charge < -0.3 is 15.4 Å². The topological polar surface area (TPSA) is 80.3 Å². The Kier molecular flexibility index (Phi) is 11.4. The maximum Gasteiger partial charge on any atom is 0.419 e. The van der Waals surface area contributed by atoms with Crippen molar-refractivity contribution in [2.24, 2.45) is 0 Å². The van der Waals surface area contributed by atoms with E-state index in [1.165, 1.54) is 48.7 Å². The van der Waals surface area contributed by atoms with Crippen LogP contribution >= 0.6 is 11.6 Å². The first-order valence-corrected chi connectivity index (χ1v) is 15.0. The molecule has 0 bridgehead atoms. The lowest BCUT2D eigenvalue weighted by atomic mass is 9.97. The van der Waals surface area contributed by atoms with Gasteiger partial charge in [-0.25, -0.2) is 4.39 Å². The Morgan fingerprint density at radius 2 is 1.62 bits per heavy atom. The summed E-state index contributed by atoms with van der Waals surface area (Å²) in [7, 11) is 0. The van der Waals surface area contributed by atoms with Crippen LogP contribution in [0.4, 0.5) is 36.4 Å². The van der Waals surface area contributed by atoms with E-state index in [1.54, 1.807) is 6.92 Å². The van der Waals surface area contributed by atoms with Gasteiger partial charge in [0, 0.05) is 36.1 Å². The van der Waals surface area contributed by atoms with Gasteiger partial charge >= 0.3 is 18.3 Å². The van der Waals surface area contributed by atoms with Crippen LogP contribution in [0.3, 0.4) is 0 Å². The molecule has 0 spiro atoms. The summed E-state index contributed by atoms with van der Waals surface area (Å²) < 4.78 is 99.4. The average molecular weight is 696 g/mol. The van der Waals surface area contributed by atoms with Crippen LogP contribution in [-0.4, -0.2) is 29.5 Å². The largest absolute Gasteiger partial charge is 0.463 e. The number of anilines is 1. The van der Waals surface area contributed by atoms with E-state index in [0.717, 1.165) is 12.1 Å². The summed E-state index contributed by atoms with van der Waals surface area (Å²) in [6, 6.07) is 12.9. The van der Waals surface area contributed by atoms with Gasteiger partial charge in [-0.2, -0.15) is 26.3 Å². The first-order valence-electron chi connectivity index (χ1n) is 14.6. The van der Waals surface area contributed by atoms with Crippen LogP contribution in [0, 0.1) is 5.82 Å². The van der Waals surface area contributed by atoms with E-state index in [0.29, 0.717) is 29.8 Å². The van der Waals surface area contributed by atoms with E-state index < -0.39 is 41.2 Å². The van der Waals surface area contributed by atoms with Crippen molar-refractivity contribution in [1.82, 2.24) is 10.3 Å². The third-order valence-corrected chi connectivity index (χ3v) is 7.61. The van der Waals surface area contributed by atoms with Gasteiger partial charge in [0.15, 0.2) is 0 Å². The number of ether oxygens (including phenoxy) is 1. The molecule has 1 unspecified atom stereocenters. The highest BCUT2D eigenvalue weighted by Gasteiger charge is 2.34. The molecule has 0 aliphatic carbocycles. The molecule has 254 valence electrons. The molecule has 0 saturated heterocycles. The Morgan fingerprint density at radius 3 is 2.25 bits per heavy atom. The zero-order chi connectivity index (χ0) is 35.2. The summed E-state index contributed by atoms with van der Waals surface area (Å²) in [5.41, 5.74) is -0.800. The molecule has 1 atom stereocenters. The number of alkyl halides is 6. The Bertz CT molecular complexity index is 1780. The number of benzene rings is 3. The van der Waals surface area contributed by atoms with Crippen molar-refractivity contribution in [3.05, 3.63) is 106 Å². The lowest BCUT2D eigenvalue weighted by Gasteiger charge is -2.16. The van der Waals surface area contributed by atoms with Gasteiger partial charge in [-0.15, -0.1) is 0 Å². The van der Waals surface area contributed by atoms with Gasteiger partial charge in [0.05, 0.1) is 28.7 Å². The van der Waals surface area contributed by atoms with Gasteiger partial charge in [0.25, 0.3) is 5.91 Å². The van der Waals surface area contributed by atoms with Gasteiger partial charge in [0.2, 0.25) is 0 Å². The van der Waals surface area contributed by atoms with Crippen LogP contribution in [0.25, 0.3) is 22.3 Å². The minimum atomic E-state index is -4.90. The number of hydrogen-bond acceptors (Lipinski definition) is 5. The second-order valence-corrected chi connectivity index (χ2v) is 11.2. The second kappa shape index (κ2) is 15.1. The van der Waals surface area contributed by atoms with E-state index in [9.17, 15) is 40.3 Å². The second-order valence-electron chi connectivity index (χ2n) is 10.8. The van der Waals surface area contributed by atoms with Crippen molar-refractivity contribution in [1.29, 1.82) is 0 Å². The van der Waals surface area contributed by atoms with Crippen LogP contribution in [0.5, 0.6) is 0 Å². The molecule has 1 aromatic heterocycles. The summed E-state index contributed by atoms with van der Waals surface area (Å²) in [6.45, 7) is 3.62. The first kappa shape index (κ1) is 36.2. The number of halogens is 8. The number of esters is 1. The molecule has 1 amide bonds. The van der Waals surface area contributed by atoms with Crippen LogP contribution in [-0.2, 0) is 28.4 Å². The lowest BCUT2D eigenvalue weighted by Crippen LogP contribution is -2.28. The summed E-state index contributed by atoms with van der Waals surface area (Å²) >= 11 is 6.36. The Hall–Kier alpha value is -4.65. The minimum Gasteiger partial charge on any atom is -0.463 e. The SMILES string of the molecule is CCC(C)OC(=O)CCNC(=O)c1ccc(-c2cc(C(F)(F)F)ccc2CNc2ccc(-c3ccc(F)c(C(F)(F)F)c3)c(Cl)c2)cn1. The van der Waals surface area contributed by atoms with E-state index in [4.69, 9.17) is 16.3 Å². The van der Waals surface area contributed by atoms with Gasteiger partial charge in [-0.1, -0.05) is 42.8 Å². The monoisotopic (exact) mass is 695 g/mol. The highest BCUT2D eigenvalue weighted by molar-refractivity contribution is 6.33. The fourth-order valence-electron chi connectivity index (χ4n) is 4.56. The molecule has 2 N–H and O–H groups in total. The molecule has 0 radical (unpaired) electrons. The molecular weight excluding hydrogens is 667 g/mol. The normalized spacial score (nSPS) is 12.4.